The van der Waals surface area contributed by atoms with Gasteiger partial charge in [0, 0.05) is 61.9 Å². The van der Waals surface area contributed by atoms with Crippen LogP contribution in [-0.4, -0.2) is 108 Å². The highest BCUT2D eigenvalue weighted by Gasteiger charge is 2.45. The predicted octanol–water partition coefficient (Wildman–Crippen LogP) is 7.74. The third kappa shape index (κ3) is 12.9. The van der Waals surface area contributed by atoms with Crippen LogP contribution in [0.2, 0.25) is 0 Å². The van der Waals surface area contributed by atoms with Crippen LogP contribution in [0.5, 0.6) is 0 Å². The Hall–Kier alpha value is -4.87. The Labute approximate surface area is 375 Å². The topological polar surface area (TPSA) is 127 Å². The summed E-state index contributed by atoms with van der Waals surface area (Å²) in [6.45, 7) is 13.4. The van der Waals surface area contributed by atoms with E-state index in [0.717, 1.165) is 46.8 Å². The molecule has 5 rings (SSSR count). The lowest BCUT2D eigenvalue weighted by Crippen LogP contribution is -2.30. The van der Waals surface area contributed by atoms with Gasteiger partial charge in [-0.25, -0.2) is 0 Å². The van der Waals surface area contributed by atoms with E-state index < -0.39 is 15.5 Å². The zero-order valence-corrected chi connectivity index (χ0v) is 38.8. The molecular formula is C51H66N3O8S+. The van der Waals surface area contributed by atoms with Gasteiger partial charge < -0.3 is 29.2 Å². The number of methoxy groups -OCH3 is 2. The summed E-state index contributed by atoms with van der Waals surface area (Å²) in [4.78, 5) is 15.0. The molecule has 2 N–H and O–H groups in total. The molecule has 0 spiro atoms. The molecule has 0 fully saturated rings. The molecule has 0 bridgehead atoms. The maximum Gasteiger partial charge on any atom is 0.264 e. The second-order valence-corrected chi connectivity index (χ2v) is 18.3. The molecule has 0 aliphatic carbocycles. The fraction of sp³-hybridized carbons (Fsp3) is 0.451. The first-order valence-corrected chi connectivity index (χ1v) is 23.5. The lowest BCUT2D eigenvalue weighted by atomic mass is 9.77. The second-order valence-electron chi connectivity index (χ2n) is 16.7. The van der Waals surface area contributed by atoms with E-state index in [1.165, 1.54) is 22.3 Å². The number of hydrogen-bond donors (Lipinski definition) is 2. The summed E-state index contributed by atoms with van der Waals surface area (Å²) in [7, 11) is -0.859. The normalized spacial score (nSPS) is 17.6. The van der Waals surface area contributed by atoms with E-state index >= 15 is 0 Å². The SMILES string of the molecule is C#CCNC(=O)Cc1ccc2c(c1)C(C)(CCCS(=O)(=O)O)\C(=C/C=C/C=C/C1=[N+](CCOCCOC)c3ccc(-c4ccc(CC)cc4)cc3C1(C)C)N2CCCOCCOC. The fourth-order valence-corrected chi connectivity index (χ4v) is 9.08. The Morgan fingerprint density at radius 2 is 1.56 bits per heavy atom. The summed E-state index contributed by atoms with van der Waals surface area (Å²) in [5, 5.41) is 2.74. The van der Waals surface area contributed by atoms with Crippen LogP contribution in [0, 0.1) is 12.3 Å². The average molecular weight is 881 g/mol. The average Bonchev–Trinajstić information content (AvgIpc) is 3.61. The van der Waals surface area contributed by atoms with Gasteiger partial charge in [-0.3, -0.25) is 9.35 Å². The summed E-state index contributed by atoms with van der Waals surface area (Å²) >= 11 is 0. The number of benzene rings is 3. The van der Waals surface area contributed by atoms with Gasteiger partial charge in [0.15, 0.2) is 12.3 Å². The first-order chi connectivity index (χ1) is 30.3. The Kier molecular flexibility index (Phi) is 18.1. The van der Waals surface area contributed by atoms with Gasteiger partial charge >= 0.3 is 0 Å². The molecule has 3 aromatic rings. The Morgan fingerprint density at radius 1 is 0.857 bits per heavy atom. The van der Waals surface area contributed by atoms with Crippen molar-refractivity contribution in [3.05, 3.63) is 119 Å². The number of hydrogen-bond acceptors (Lipinski definition) is 8. The maximum absolute atomic E-state index is 12.7. The Morgan fingerprint density at radius 3 is 2.24 bits per heavy atom. The van der Waals surface area contributed by atoms with E-state index in [1.54, 1.807) is 14.2 Å². The van der Waals surface area contributed by atoms with Crippen LogP contribution in [0.3, 0.4) is 0 Å². The molecule has 1 amide bonds. The Bertz CT molecular complexity index is 2310. The lowest BCUT2D eigenvalue weighted by Gasteiger charge is -2.30. The number of anilines is 1. The summed E-state index contributed by atoms with van der Waals surface area (Å²) in [5.74, 6) is 1.91. The molecular weight excluding hydrogens is 815 g/mol. The molecule has 0 radical (unpaired) electrons. The summed E-state index contributed by atoms with van der Waals surface area (Å²) in [6.07, 6.45) is 18.3. The number of terminal acetylenes is 1. The minimum atomic E-state index is -4.18. The van der Waals surface area contributed by atoms with Crippen LogP contribution in [0.4, 0.5) is 11.4 Å². The van der Waals surface area contributed by atoms with E-state index in [1.807, 2.05) is 30.4 Å². The van der Waals surface area contributed by atoms with Crippen molar-refractivity contribution in [2.45, 2.75) is 70.6 Å². The molecule has 2 aliphatic rings. The zero-order valence-electron chi connectivity index (χ0n) is 38.0. The third-order valence-corrected chi connectivity index (χ3v) is 12.7. The van der Waals surface area contributed by atoms with Crippen LogP contribution in [0.15, 0.2) is 96.7 Å². The molecule has 0 aromatic heterocycles. The molecule has 11 nitrogen and oxygen atoms in total. The minimum absolute atomic E-state index is 0.144. The number of allylic oxidation sites excluding steroid dienone is 6. The number of ether oxygens (including phenoxy) is 4. The number of nitrogens with zero attached hydrogens (tertiary/aromatic N) is 2. The molecule has 63 heavy (non-hydrogen) atoms. The fourth-order valence-electron chi connectivity index (χ4n) is 8.57. The van der Waals surface area contributed by atoms with Crippen LogP contribution in [0.1, 0.15) is 69.2 Å². The van der Waals surface area contributed by atoms with E-state index in [-0.39, 0.29) is 36.5 Å². The Balaban J connectivity index is 1.50. The van der Waals surface area contributed by atoms with Crippen molar-refractivity contribution in [3.8, 4) is 23.5 Å². The predicted molar refractivity (Wildman–Crippen MR) is 253 cm³/mol. The molecule has 12 heteroatoms. The molecule has 2 heterocycles. The highest BCUT2D eigenvalue weighted by atomic mass is 32.2. The van der Waals surface area contributed by atoms with Gasteiger partial charge in [-0.1, -0.05) is 67.5 Å². The van der Waals surface area contributed by atoms with Crippen molar-refractivity contribution in [2.75, 3.05) is 84.1 Å². The largest absolute Gasteiger partial charge is 0.382 e. The lowest BCUT2D eigenvalue weighted by molar-refractivity contribution is -0.442. The van der Waals surface area contributed by atoms with E-state index in [0.29, 0.717) is 59.2 Å². The van der Waals surface area contributed by atoms with Crippen molar-refractivity contribution >= 4 is 33.1 Å². The van der Waals surface area contributed by atoms with Gasteiger partial charge in [0.1, 0.15) is 6.61 Å². The van der Waals surface area contributed by atoms with Gasteiger partial charge in [0.2, 0.25) is 11.6 Å². The van der Waals surface area contributed by atoms with Gasteiger partial charge in [-0.15, -0.1) is 6.42 Å². The summed E-state index contributed by atoms with van der Waals surface area (Å²) in [6, 6.07) is 21.6. The maximum atomic E-state index is 12.7. The number of nitrogens with one attached hydrogen (secondary N) is 1. The first kappa shape index (κ1) is 49.2. The number of carbonyl (C=O) groups is 1. The summed E-state index contributed by atoms with van der Waals surface area (Å²) < 4.78 is 58.1. The number of amides is 1. The van der Waals surface area contributed by atoms with Crippen molar-refractivity contribution in [3.63, 3.8) is 0 Å². The number of fused-ring (bicyclic) bond motifs is 2. The number of carbonyl (C=O) groups excluding carboxylic acids is 1. The molecule has 3 aromatic carbocycles. The van der Waals surface area contributed by atoms with Crippen LogP contribution >= 0.6 is 0 Å². The molecule has 0 saturated heterocycles. The van der Waals surface area contributed by atoms with E-state index in [4.69, 9.17) is 25.4 Å². The number of aryl methyl sites for hydroxylation is 1. The van der Waals surface area contributed by atoms with Gasteiger partial charge in [0.25, 0.3) is 10.1 Å². The van der Waals surface area contributed by atoms with E-state index in [9.17, 15) is 17.8 Å². The van der Waals surface area contributed by atoms with Gasteiger partial charge in [0.05, 0.1) is 50.6 Å². The van der Waals surface area contributed by atoms with E-state index in [2.05, 4.69) is 109 Å². The quantitative estimate of drug-likeness (QED) is 0.0289. The van der Waals surface area contributed by atoms with Crippen LogP contribution < -0.4 is 10.2 Å². The molecule has 338 valence electrons. The second kappa shape index (κ2) is 23.2. The van der Waals surface area contributed by atoms with Crippen LogP contribution in [-0.2, 0) is 57.5 Å². The minimum Gasteiger partial charge on any atom is -0.382 e. The summed E-state index contributed by atoms with van der Waals surface area (Å²) in [5.41, 5.74) is 10.1. The van der Waals surface area contributed by atoms with Gasteiger partial charge in [-0.05, 0) is 98.5 Å². The van der Waals surface area contributed by atoms with Crippen molar-refractivity contribution in [1.29, 1.82) is 0 Å². The molecule has 1 unspecified atom stereocenters. The van der Waals surface area contributed by atoms with Crippen molar-refractivity contribution in [2.24, 2.45) is 0 Å². The third-order valence-electron chi connectivity index (χ3n) is 11.9. The zero-order chi connectivity index (χ0) is 45.5. The standard InChI is InChI=1S/C51H65N3O8S/c1-8-26-52-49(55)37-40-19-23-46-44(36-40)51(5,25-13-35-63(56,57)58)48(53(46)27-14-29-61-33-31-59-6)16-12-10-11-15-47-50(3,4)43-38-42(41-20-17-39(9-2)18-21-41)22-24-45(43)54(47)28-30-62-34-32-60-7/h1,10-12,15-24,36,38H,9,13-14,25-35,37H2,2-7H3,(H-,52,55,56,57,58)/p+1. The monoisotopic (exact) mass is 880 g/mol. The number of rotatable bonds is 25. The van der Waals surface area contributed by atoms with Crippen molar-refractivity contribution < 1.29 is 41.3 Å². The molecule has 0 saturated carbocycles. The van der Waals surface area contributed by atoms with Crippen LogP contribution in [0.25, 0.3) is 11.1 Å². The first-order valence-electron chi connectivity index (χ1n) is 21.9. The van der Waals surface area contributed by atoms with Crippen molar-refractivity contribution in [1.82, 2.24) is 5.32 Å². The molecule has 2 aliphatic heterocycles. The highest BCUT2D eigenvalue weighted by molar-refractivity contribution is 7.85. The smallest absolute Gasteiger partial charge is 0.264 e. The highest BCUT2D eigenvalue weighted by Crippen LogP contribution is 2.51. The van der Waals surface area contributed by atoms with Gasteiger partial charge in [-0.2, -0.15) is 13.0 Å². The molecule has 1 atom stereocenters.